The maximum Gasteiger partial charge on any atom is 0.326 e. The van der Waals surface area contributed by atoms with Gasteiger partial charge in [-0.25, -0.2) is 14.0 Å². The van der Waals surface area contributed by atoms with Crippen LogP contribution in [-0.2, 0) is 19.2 Å². The molecule has 0 spiro atoms. The molecule has 0 saturated heterocycles. The van der Waals surface area contributed by atoms with Crippen LogP contribution in [0, 0.1) is 5.82 Å². The van der Waals surface area contributed by atoms with Crippen LogP contribution in [0.25, 0.3) is 0 Å². The fourth-order valence-corrected chi connectivity index (χ4v) is 2.21. The largest absolute Gasteiger partial charge is 0.481 e. The van der Waals surface area contributed by atoms with E-state index < -0.39 is 60.5 Å². The number of carbonyl (C=O) groups is 5. The van der Waals surface area contributed by atoms with Crippen molar-refractivity contribution in [2.75, 3.05) is 0 Å². The number of benzene rings is 1. The minimum Gasteiger partial charge on any atom is -0.481 e. The molecule has 0 bridgehead atoms. The molecular weight excluding hydrogens is 379 g/mol. The predicted molar refractivity (Wildman–Crippen MR) is 91.0 cm³/mol. The van der Waals surface area contributed by atoms with E-state index in [1.54, 1.807) is 0 Å². The van der Waals surface area contributed by atoms with Crippen LogP contribution >= 0.6 is 0 Å². The quantitative estimate of drug-likeness (QED) is 0.352. The van der Waals surface area contributed by atoms with Crippen molar-refractivity contribution in [3.05, 3.63) is 35.6 Å². The third-order valence-electron chi connectivity index (χ3n) is 3.66. The second kappa shape index (κ2) is 10.6. The first-order chi connectivity index (χ1) is 13.1. The normalized spacial score (nSPS) is 12.5. The molecule has 0 radical (unpaired) electrons. The van der Waals surface area contributed by atoms with Gasteiger partial charge in [0.2, 0.25) is 5.91 Å². The zero-order valence-electron chi connectivity index (χ0n) is 14.6. The molecule has 152 valence electrons. The summed E-state index contributed by atoms with van der Waals surface area (Å²) in [7, 11) is 0. The molecular formula is C17H19FN2O8. The third-order valence-corrected chi connectivity index (χ3v) is 3.66. The number of amides is 2. The lowest BCUT2D eigenvalue weighted by Gasteiger charge is -2.16. The average Bonchev–Trinajstić information content (AvgIpc) is 2.61. The van der Waals surface area contributed by atoms with Gasteiger partial charge in [0.1, 0.15) is 17.9 Å². The molecule has 1 aromatic rings. The summed E-state index contributed by atoms with van der Waals surface area (Å²) >= 11 is 0. The molecule has 0 aromatic heterocycles. The predicted octanol–water partition coefficient (Wildman–Crippen LogP) is 0.223. The van der Waals surface area contributed by atoms with Gasteiger partial charge in [0, 0.05) is 12.8 Å². The first kappa shape index (κ1) is 22.5. The minimum atomic E-state index is -1.51. The van der Waals surface area contributed by atoms with Gasteiger partial charge in [-0.05, 0) is 25.0 Å². The van der Waals surface area contributed by atoms with Crippen molar-refractivity contribution < 1.29 is 43.7 Å². The molecule has 0 saturated carbocycles. The monoisotopic (exact) mass is 398 g/mol. The molecule has 2 amide bonds. The number of nitrogens with one attached hydrogen (secondary N) is 2. The van der Waals surface area contributed by atoms with Crippen LogP contribution < -0.4 is 10.6 Å². The van der Waals surface area contributed by atoms with Crippen molar-refractivity contribution >= 4 is 29.7 Å². The number of aliphatic carboxylic acids is 3. The molecule has 1 aromatic carbocycles. The zero-order valence-corrected chi connectivity index (χ0v) is 14.6. The van der Waals surface area contributed by atoms with E-state index >= 15 is 0 Å². The maximum atomic E-state index is 13.6. The summed E-state index contributed by atoms with van der Waals surface area (Å²) in [6, 6.07) is 1.98. The van der Waals surface area contributed by atoms with Gasteiger partial charge in [-0.3, -0.25) is 14.4 Å². The van der Waals surface area contributed by atoms with E-state index in [0.29, 0.717) is 0 Å². The molecule has 0 aliphatic heterocycles. The Bertz CT molecular complexity index is 767. The fraction of sp³-hybridized carbons (Fsp3) is 0.353. The lowest BCUT2D eigenvalue weighted by atomic mass is 10.1. The zero-order chi connectivity index (χ0) is 21.3. The summed E-state index contributed by atoms with van der Waals surface area (Å²) in [5.41, 5.74) is -0.363. The van der Waals surface area contributed by atoms with Gasteiger partial charge < -0.3 is 26.0 Å². The van der Waals surface area contributed by atoms with Crippen molar-refractivity contribution in [2.45, 2.75) is 37.8 Å². The lowest BCUT2D eigenvalue weighted by Crippen LogP contribution is -2.44. The van der Waals surface area contributed by atoms with Crippen LogP contribution in [0.5, 0.6) is 0 Å². The third kappa shape index (κ3) is 7.40. The SMILES string of the molecule is O=C(O)CC[C@@H](NC(=O)CC[C@H](NC(=O)c1ccccc1F)C(=O)O)C(=O)O. The number of hydrogen-bond acceptors (Lipinski definition) is 5. The number of carboxylic acids is 3. The van der Waals surface area contributed by atoms with Crippen molar-refractivity contribution in [3.63, 3.8) is 0 Å². The van der Waals surface area contributed by atoms with E-state index in [1.807, 2.05) is 0 Å². The van der Waals surface area contributed by atoms with E-state index in [0.717, 1.165) is 12.1 Å². The number of rotatable bonds is 11. The first-order valence-electron chi connectivity index (χ1n) is 8.14. The summed E-state index contributed by atoms with van der Waals surface area (Å²) in [5, 5.41) is 30.9. The summed E-state index contributed by atoms with van der Waals surface area (Å²) in [6.45, 7) is 0. The molecule has 2 atom stereocenters. The standard InChI is InChI=1S/C17H19FN2O8/c18-10-4-2-1-3-9(10)15(24)20-12(17(27)28)5-7-13(21)19-11(16(25)26)6-8-14(22)23/h1-4,11-12H,5-8H2,(H,19,21)(H,20,24)(H,22,23)(H,25,26)(H,27,28)/t11-,12+/m1/s1. The van der Waals surface area contributed by atoms with Crippen LogP contribution in [-0.4, -0.2) is 57.1 Å². The van der Waals surface area contributed by atoms with E-state index in [2.05, 4.69) is 10.6 Å². The lowest BCUT2D eigenvalue weighted by molar-refractivity contribution is -0.143. The van der Waals surface area contributed by atoms with Gasteiger partial charge in [-0.15, -0.1) is 0 Å². The van der Waals surface area contributed by atoms with Crippen molar-refractivity contribution in [2.24, 2.45) is 0 Å². The van der Waals surface area contributed by atoms with Crippen LogP contribution in [0.1, 0.15) is 36.0 Å². The van der Waals surface area contributed by atoms with Gasteiger partial charge in [0.25, 0.3) is 5.91 Å². The summed E-state index contributed by atoms with van der Waals surface area (Å²) < 4.78 is 13.6. The Kier molecular flexibility index (Phi) is 8.53. The molecule has 11 heteroatoms. The van der Waals surface area contributed by atoms with Gasteiger partial charge in [-0.2, -0.15) is 0 Å². The Balaban J connectivity index is 2.64. The maximum absolute atomic E-state index is 13.6. The van der Waals surface area contributed by atoms with Crippen molar-refractivity contribution in [3.8, 4) is 0 Å². The summed E-state index contributed by atoms with van der Waals surface area (Å²) in [5.74, 6) is -6.78. The topological polar surface area (TPSA) is 170 Å². The van der Waals surface area contributed by atoms with Gasteiger partial charge >= 0.3 is 17.9 Å². The molecule has 0 heterocycles. The Morgan fingerprint density at radius 2 is 1.39 bits per heavy atom. The number of hydrogen-bond donors (Lipinski definition) is 5. The molecule has 28 heavy (non-hydrogen) atoms. The van der Waals surface area contributed by atoms with Gasteiger partial charge in [-0.1, -0.05) is 12.1 Å². The number of carboxylic acid groups (broad SMARTS) is 3. The van der Waals surface area contributed by atoms with Gasteiger partial charge in [0.05, 0.1) is 5.56 Å². The molecule has 10 nitrogen and oxygen atoms in total. The Morgan fingerprint density at radius 3 is 1.93 bits per heavy atom. The number of carbonyl (C=O) groups excluding carboxylic acids is 2. The second-order valence-electron chi connectivity index (χ2n) is 5.77. The average molecular weight is 398 g/mol. The minimum absolute atomic E-state index is 0.344. The van der Waals surface area contributed by atoms with Crippen molar-refractivity contribution in [1.82, 2.24) is 10.6 Å². The highest BCUT2D eigenvalue weighted by atomic mass is 19.1. The molecule has 0 fully saturated rings. The summed E-state index contributed by atoms with van der Waals surface area (Å²) in [6.07, 6.45) is -1.66. The van der Waals surface area contributed by atoms with Crippen LogP contribution in [0.2, 0.25) is 0 Å². The van der Waals surface area contributed by atoms with Crippen LogP contribution in [0.15, 0.2) is 24.3 Å². The molecule has 0 aliphatic carbocycles. The molecule has 0 unspecified atom stereocenters. The molecule has 0 aliphatic rings. The first-order valence-corrected chi connectivity index (χ1v) is 8.14. The second-order valence-corrected chi connectivity index (χ2v) is 5.77. The van der Waals surface area contributed by atoms with E-state index in [-0.39, 0.29) is 18.4 Å². The van der Waals surface area contributed by atoms with E-state index in [1.165, 1.54) is 12.1 Å². The number of halogens is 1. The van der Waals surface area contributed by atoms with E-state index in [4.69, 9.17) is 15.3 Å². The van der Waals surface area contributed by atoms with Crippen LogP contribution in [0.4, 0.5) is 4.39 Å². The molecule has 1 rings (SSSR count). The van der Waals surface area contributed by atoms with E-state index in [9.17, 15) is 28.4 Å². The smallest absolute Gasteiger partial charge is 0.326 e. The Morgan fingerprint density at radius 1 is 0.857 bits per heavy atom. The highest BCUT2D eigenvalue weighted by Gasteiger charge is 2.25. The van der Waals surface area contributed by atoms with Crippen molar-refractivity contribution in [1.29, 1.82) is 0 Å². The summed E-state index contributed by atoms with van der Waals surface area (Å²) in [4.78, 5) is 56.7. The Hall–Kier alpha value is -3.50. The van der Waals surface area contributed by atoms with Gasteiger partial charge in [0.15, 0.2) is 0 Å². The highest BCUT2D eigenvalue weighted by molar-refractivity contribution is 5.97. The highest BCUT2D eigenvalue weighted by Crippen LogP contribution is 2.08. The fourth-order valence-electron chi connectivity index (χ4n) is 2.21. The molecule has 5 N–H and O–H groups in total. The Labute approximate surface area is 158 Å². The van der Waals surface area contributed by atoms with Crippen LogP contribution in [0.3, 0.4) is 0 Å².